The van der Waals surface area contributed by atoms with Crippen LogP contribution in [0.5, 0.6) is 0 Å². The van der Waals surface area contributed by atoms with E-state index in [0.29, 0.717) is 48.3 Å². The molecule has 1 aliphatic heterocycles. The van der Waals surface area contributed by atoms with Crippen LogP contribution < -0.4 is 5.32 Å². The summed E-state index contributed by atoms with van der Waals surface area (Å²) in [6.45, 7) is 0.762. The predicted molar refractivity (Wildman–Crippen MR) is 104 cm³/mol. The van der Waals surface area contributed by atoms with Crippen LogP contribution in [-0.2, 0) is 19.1 Å². The van der Waals surface area contributed by atoms with E-state index >= 15 is 0 Å². The number of pyridine rings is 1. The molecule has 0 bridgehead atoms. The number of carbonyl (C=O) groups excluding carboxylic acids is 2. The third-order valence-corrected chi connectivity index (χ3v) is 5.62. The zero-order valence-corrected chi connectivity index (χ0v) is 16.6. The summed E-state index contributed by atoms with van der Waals surface area (Å²) in [4.78, 5) is 30.6. The molecule has 164 valence electrons. The second-order valence-electron chi connectivity index (χ2n) is 7.95. The van der Waals surface area contributed by atoms with Crippen molar-refractivity contribution >= 4 is 11.8 Å². The fraction of sp³-hybridized carbons (Fsp3) is 0.409. The van der Waals surface area contributed by atoms with Gasteiger partial charge in [0.25, 0.3) is 11.8 Å². The largest absolute Gasteiger partial charge is 0.417 e. The van der Waals surface area contributed by atoms with Crippen molar-refractivity contribution < 1.29 is 27.2 Å². The highest BCUT2D eigenvalue weighted by Crippen LogP contribution is 2.34. The highest BCUT2D eigenvalue weighted by Gasteiger charge is 2.37. The van der Waals surface area contributed by atoms with Crippen molar-refractivity contribution in [2.45, 2.75) is 38.4 Å². The molecule has 1 saturated carbocycles. The molecule has 0 radical (unpaired) electrons. The molecule has 2 heterocycles. The van der Waals surface area contributed by atoms with E-state index in [2.05, 4.69) is 10.3 Å². The number of rotatable bonds is 5. The highest BCUT2D eigenvalue weighted by molar-refractivity contribution is 5.96. The number of hydrogen-bond acceptors (Lipinski definition) is 3. The Labute approximate surface area is 176 Å². The predicted octanol–water partition coefficient (Wildman–Crippen LogP) is 3.97. The van der Waals surface area contributed by atoms with Gasteiger partial charge in [0.2, 0.25) is 0 Å². The van der Waals surface area contributed by atoms with E-state index in [1.165, 1.54) is 17.7 Å². The number of amides is 2. The van der Waals surface area contributed by atoms with Crippen LogP contribution in [0.2, 0.25) is 0 Å². The Kier molecular flexibility index (Phi) is 5.68. The first-order valence-corrected chi connectivity index (χ1v) is 10.2. The maximum absolute atomic E-state index is 13.6. The molecule has 5 nitrogen and oxygen atoms in total. The van der Waals surface area contributed by atoms with Crippen LogP contribution in [0.25, 0.3) is 0 Å². The van der Waals surface area contributed by atoms with Gasteiger partial charge >= 0.3 is 6.18 Å². The molecule has 1 fully saturated rings. The second kappa shape index (κ2) is 8.28. The number of carbonyl (C=O) groups is 2. The number of hydrogen-bond donors (Lipinski definition) is 1. The zero-order valence-electron chi connectivity index (χ0n) is 16.6. The Morgan fingerprint density at radius 3 is 2.65 bits per heavy atom. The summed E-state index contributed by atoms with van der Waals surface area (Å²) >= 11 is 0. The maximum atomic E-state index is 13.6. The standard InChI is InChI=1S/C22H21F4N3O2/c23-15-4-5-17(22(24,25)26)16(11-15)21(31)29-10-8-18-14(12-29)3-6-19(28-18)20(30)27-9-7-13-1-2-13/h3-6,11,13H,1-2,7-10,12H2,(H,27,30). The number of alkyl halides is 3. The first kappa shape index (κ1) is 21.3. The lowest BCUT2D eigenvalue weighted by atomic mass is 10.0. The van der Waals surface area contributed by atoms with Crippen LogP contribution in [0.3, 0.4) is 0 Å². The van der Waals surface area contributed by atoms with Crippen molar-refractivity contribution in [2.75, 3.05) is 13.1 Å². The first-order chi connectivity index (χ1) is 14.7. The molecule has 2 amide bonds. The highest BCUT2D eigenvalue weighted by atomic mass is 19.4. The molecule has 1 N–H and O–H groups in total. The second-order valence-corrected chi connectivity index (χ2v) is 7.95. The fourth-order valence-electron chi connectivity index (χ4n) is 3.71. The van der Waals surface area contributed by atoms with Crippen LogP contribution in [-0.4, -0.2) is 34.8 Å². The molecular formula is C22H21F4N3O2. The van der Waals surface area contributed by atoms with E-state index in [4.69, 9.17) is 0 Å². The van der Waals surface area contributed by atoms with Gasteiger partial charge in [0.05, 0.1) is 11.1 Å². The van der Waals surface area contributed by atoms with Crippen molar-refractivity contribution in [1.29, 1.82) is 0 Å². The van der Waals surface area contributed by atoms with Gasteiger partial charge in [-0.05, 0) is 42.2 Å². The molecule has 1 aromatic heterocycles. The van der Waals surface area contributed by atoms with Crippen LogP contribution in [0.15, 0.2) is 30.3 Å². The summed E-state index contributed by atoms with van der Waals surface area (Å²) in [5, 5.41) is 2.84. The molecule has 1 aromatic carbocycles. The van der Waals surface area contributed by atoms with Crippen molar-refractivity contribution in [3.8, 4) is 0 Å². The number of fused-ring (bicyclic) bond motifs is 1. The van der Waals surface area contributed by atoms with Crippen molar-refractivity contribution in [2.24, 2.45) is 5.92 Å². The third-order valence-electron chi connectivity index (χ3n) is 5.62. The Morgan fingerprint density at radius 2 is 1.94 bits per heavy atom. The summed E-state index contributed by atoms with van der Waals surface area (Å²) in [5.41, 5.74) is -0.316. The minimum atomic E-state index is -4.77. The Hall–Kier alpha value is -2.97. The summed E-state index contributed by atoms with van der Waals surface area (Å²) in [5.74, 6) is -1.36. The van der Waals surface area contributed by atoms with Crippen LogP contribution in [0.1, 0.15) is 56.9 Å². The lowest BCUT2D eigenvalue weighted by Crippen LogP contribution is -2.37. The van der Waals surface area contributed by atoms with E-state index in [1.54, 1.807) is 12.1 Å². The Morgan fingerprint density at radius 1 is 1.16 bits per heavy atom. The molecular weight excluding hydrogens is 414 g/mol. The quantitative estimate of drug-likeness (QED) is 0.723. The summed E-state index contributed by atoms with van der Waals surface area (Å²) in [6.07, 6.45) is -1.10. The zero-order chi connectivity index (χ0) is 22.2. The first-order valence-electron chi connectivity index (χ1n) is 10.2. The minimum absolute atomic E-state index is 0.0402. The van der Waals surface area contributed by atoms with Crippen LogP contribution in [0, 0.1) is 11.7 Å². The lowest BCUT2D eigenvalue weighted by Gasteiger charge is -2.29. The smallest absolute Gasteiger partial charge is 0.351 e. The van der Waals surface area contributed by atoms with Crippen molar-refractivity contribution in [3.63, 3.8) is 0 Å². The van der Waals surface area contributed by atoms with Crippen molar-refractivity contribution in [3.05, 3.63) is 64.2 Å². The number of halogens is 4. The number of nitrogens with one attached hydrogen (secondary N) is 1. The fourth-order valence-corrected chi connectivity index (χ4v) is 3.71. The molecule has 0 unspecified atom stereocenters. The Balaban J connectivity index is 1.47. The molecule has 0 spiro atoms. The van der Waals surface area contributed by atoms with E-state index in [0.717, 1.165) is 6.42 Å². The van der Waals surface area contributed by atoms with Gasteiger partial charge in [-0.25, -0.2) is 9.37 Å². The number of benzene rings is 1. The minimum Gasteiger partial charge on any atom is -0.351 e. The van der Waals surface area contributed by atoms with E-state index in [9.17, 15) is 27.2 Å². The molecule has 0 saturated heterocycles. The molecule has 31 heavy (non-hydrogen) atoms. The van der Waals surface area contributed by atoms with Gasteiger partial charge < -0.3 is 10.2 Å². The number of aromatic nitrogens is 1. The maximum Gasteiger partial charge on any atom is 0.417 e. The van der Waals surface area contributed by atoms with Gasteiger partial charge in [0.15, 0.2) is 0 Å². The lowest BCUT2D eigenvalue weighted by molar-refractivity contribution is -0.138. The van der Waals surface area contributed by atoms with Gasteiger partial charge in [0.1, 0.15) is 11.5 Å². The van der Waals surface area contributed by atoms with Crippen LogP contribution in [0.4, 0.5) is 17.6 Å². The van der Waals surface area contributed by atoms with E-state index < -0.39 is 29.0 Å². The van der Waals surface area contributed by atoms with Gasteiger partial charge in [-0.3, -0.25) is 9.59 Å². The number of nitrogens with zero attached hydrogens (tertiary/aromatic N) is 2. The summed E-state index contributed by atoms with van der Waals surface area (Å²) in [6, 6.07) is 5.09. The molecule has 2 aromatic rings. The SMILES string of the molecule is O=C(NCCC1CC1)c1ccc2c(n1)CCN(C(=O)c1cc(F)ccc1C(F)(F)F)C2. The van der Waals surface area contributed by atoms with Gasteiger partial charge in [0, 0.05) is 31.7 Å². The van der Waals surface area contributed by atoms with Gasteiger partial charge in [-0.2, -0.15) is 13.2 Å². The summed E-state index contributed by atoms with van der Waals surface area (Å²) < 4.78 is 53.4. The molecule has 2 aliphatic rings. The van der Waals surface area contributed by atoms with Crippen molar-refractivity contribution in [1.82, 2.24) is 15.2 Å². The molecule has 1 aliphatic carbocycles. The van der Waals surface area contributed by atoms with E-state index in [-0.39, 0.29) is 24.7 Å². The summed E-state index contributed by atoms with van der Waals surface area (Å²) in [7, 11) is 0. The molecule has 4 rings (SSSR count). The monoisotopic (exact) mass is 435 g/mol. The average Bonchev–Trinajstić information content (AvgIpc) is 3.55. The topological polar surface area (TPSA) is 62.3 Å². The third kappa shape index (κ3) is 4.86. The van der Waals surface area contributed by atoms with Gasteiger partial charge in [-0.15, -0.1) is 0 Å². The molecule has 9 heteroatoms. The Bertz CT molecular complexity index is 1020. The average molecular weight is 435 g/mol. The van der Waals surface area contributed by atoms with Crippen LogP contribution >= 0.6 is 0 Å². The van der Waals surface area contributed by atoms with Gasteiger partial charge in [-0.1, -0.05) is 18.9 Å². The van der Waals surface area contributed by atoms with E-state index in [1.807, 2.05) is 0 Å². The normalized spacial score (nSPS) is 16.1. The molecule has 0 atom stereocenters.